The SMILES string of the molecule is COc1ccc(CNc2cc(C)n(C)n2)cc1F. The topological polar surface area (TPSA) is 39.1 Å². The number of aryl methyl sites for hydroxylation is 2. The van der Waals surface area contributed by atoms with Gasteiger partial charge in [0.25, 0.3) is 0 Å². The number of halogens is 1. The molecule has 0 spiro atoms. The molecule has 0 saturated heterocycles. The summed E-state index contributed by atoms with van der Waals surface area (Å²) < 4.78 is 20.1. The molecule has 0 aliphatic heterocycles. The zero-order valence-electron chi connectivity index (χ0n) is 10.7. The Labute approximate surface area is 105 Å². The van der Waals surface area contributed by atoms with Crippen LogP contribution in [0.5, 0.6) is 5.75 Å². The van der Waals surface area contributed by atoms with Gasteiger partial charge in [-0.05, 0) is 24.6 Å². The molecule has 0 atom stereocenters. The fraction of sp³-hybridized carbons (Fsp3) is 0.308. The highest BCUT2D eigenvalue weighted by Gasteiger charge is 2.04. The lowest BCUT2D eigenvalue weighted by Crippen LogP contribution is -2.01. The Bertz CT molecular complexity index is 532. The molecular weight excluding hydrogens is 233 g/mol. The summed E-state index contributed by atoms with van der Waals surface area (Å²) in [7, 11) is 3.33. The molecular formula is C13H16FN3O. The smallest absolute Gasteiger partial charge is 0.165 e. The molecule has 1 aromatic carbocycles. The molecule has 96 valence electrons. The van der Waals surface area contributed by atoms with Gasteiger partial charge in [-0.2, -0.15) is 5.10 Å². The van der Waals surface area contributed by atoms with Gasteiger partial charge in [-0.15, -0.1) is 0 Å². The first kappa shape index (κ1) is 12.4. The number of aromatic nitrogens is 2. The molecule has 0 fully saturated rings. The number of hydrogen-bond acceptors (Lipinski definition) is 3. The molecule has 0 amide bonds. The van der Waals surface area contributed by atoms with E-state index in [4.69, 9.17) is 4.74 Å². The van der Waals surface area contributed by atoms with E-state index in [1.54, 1.807) is 10.7 Å². The van der Waals surface area contributed by atoms with E-state index in [-0.39, 0.29) is 11.6 Å². The van der Waals surface area contributed by atoms with Crippen molar-refractivity contribution in [1.29, 1.82) is 0 Å². The van der Waals surface area contributed by atoms with E-state index < -0.39 is 0 Å². The largest absolute Gasteiger partial charge is 0.494 e. The van der Waals surface area contributed by atoms with E-state index in [9.17, 15) is 4.39 Å². The highest BCUT2D eigenvalue weighted by Crippen LogP contribution is 2.18. The van der Waals surface area contributed by atoms with Gasteiger partial charge in [0.05, 0.1) is 7.11 Å². The molecule has 0 bridgehead atoms. The summed E-state index contributed by atoms with van der Waals surface area (Å²) in [6, 6.07) is 6.85. The van der Waals surface area contributed by atoms with Gasteiger partial charge in [0.2, 0.25) is 0 Å². The third-order valence-corrected chi connectivity index (χ3v) is 2.80. The van der Waals surface area contributed by atoms with Crippen LogP contribution in [0.15, 0.2) is 24.3 Å². The second-order valence-corrected chi connectivity index (χ2v) is 4.12. The molecule has 0 aliphatic carbocycles. The van der Waals surface area contributed by atoms with Gasteiger partial charge in [-0.25, -0.2) is 4.39 Å². The maximum atomic E-state index is 13.5. The maximum Gasteiger partial charge on any atom is 0.165 e. The lowest BCUT2D eigenvalue weighted by molar-refractivity contribution is 0.386. The first-order chi connectivity index (χ1) is 8.60. The Balaban J connectivity index is 2.04. The van der Waals surface area contributed by atoms with Crippen molar-refractivity contribution in [1.82, 2.24) is 9.78 Å². The summed E-state index contributed by atoms with van der Waals surface area (Å²) in [4.78, 5) is 0. The number of ether oxygens (including phenoxy) is 1. The van der Waals surface area contributed by atoms with Crippen LogP contribution in [0.3, 0.4) is 0 Å². The Hall–Kier alpha value is -2.04. The van der Waals surface area contributed by atoms with Gasteiger partial charge in [-0.3, -0.25) is 4.68 Å². The molecule has 0 aliphatic rings. The molecule has 1 heterocycles. The van der Waals surface area contributed by atoms with Crippen LogP contribution in [-0.4, -0.2) is 16.9 Å². The molecule has 4 nitrogen and oxygen atoms in total. The lowest BCUT2D eigenvalue weighted by Gasteiger charge is -2.06. The summed E-state index contributed by atoms with van der Waals surface area (Å²) in [5, 5.41) is 7.42. The van der Waals surface area contributed by atoms with Crippen molar-refractivity contribution in [3.05, 3.63) is 41.3 Å². The molecule has 18 heavy (non-hydrogen) atoms. The average molecular weight is 249 g/mol. The third kappa shape index (κ3) is 2.61. The number of nitrogens with one attached hydrogen (secondary N) is 1. The van der Waals surface area contributed by atoms with E-state index in [2.05, 4.69) is 10.4 Å². The predicted octanol–water partition coefficient (Wildman–Crippen LogP) is 2.49. The van der Waals surface area contributed by atoms with Crippen molar-refractivity contribution in [2.24, 2.45) is 7.05 Å². The summed E-state index contributed by atoms with van der Waals surface area (Å²) in [6.07, 6.45) is 0. The van der Waals surface area contributed by atoms with Gasteiger partial charge in [0.15, 0.2) is 11.6 Å². The Morgan fingerprint density at radius 3 is 2.72 bits per heavy atom. The van der Waals surface area contributed by atoms with Crippen molar-refractivity contribution in [3.8, 4) is 5.75 Å². The zero-order chi connectivity index (χ0) is 13.1. The molecule has 0 saturated carbocycles. The highest BCUT2D eigenvalue weighted by molar-refractivity contribution is 5.38. The number of benzene rings is 1. The second kappa shape index (κ2) is 5.08. The molecule has 0 radical (unpaired) electrons. The minimum atomic E-state index is -0.353. The minimum absolute atomic E-state index is 0.257. The number of rotatable bonds is 4. The monoisotopic (exact) mass is 249 g/mol. The first-order valence-electron chi connectivity index (χ1n) is 5.67. The van der Waals surface area contributed by atoms with Gasteiger partial charge in [0.1, 0.15) is 5.82 Å². The van der Waals surface area contributed by atoms with Crippen molar-refractivity contribution >= 4 is 5.82 Å². The summed E-state index contributed by atoms with van der Waals surface area (Å²) in [6.45, 7) is 2.50. The minimum Gasteiger partial charge on any atom is -0.494 e. The zero-order valence-corrected chi connectivity index (χ0v) is 10.7. The van der Waals surface area contributed by atoms with Crippen molar-refractivity contribution in [3.63, 3.8) is 0 Å². The first-order valence-corrected chi connectivity index (χ1v) is 5.67. The lowest BCUT2D eigenvalue weighted by atomic mass is 10.2. The van der Waals surface area contributed by atoms with Crippen LogP contribution < -0.4 is 10.1 Å². The number of anilines is 1. The summed E-state index contributed by atoms with van der Waals surface area (Å²) in [5.74, 6) is 0.688. The maximum absolute atomic E-state index is 13.5. The van der Waals surface area contributed by atoms with Crippen LogP contribution in [-0.2, 0) is 13.6 Å². The van der Waals surface area contributed by atoms with Crippen molar-refractivity contribution in [2.45, 2.75) is 13.5 Å². The quantitative estimate of drug-likeness (QED) is 0.904. The third-order valence-electron chi connectivity index (χ3n) is 2.80. The van der Waals surface area contributed by atoms with Crippen LogP contribution in [0, 0.1) is 12.7 Å². The summed E-state index contributed by atoms with van der Waals surface area (Å²) >= 11 is 0. The molecule has 5 heteroatoms. The predicted molar refractivity (Wildman–Crippen MR) is 68.2 cm³/mol. The van der Waals surface area contributed by atoms with Crippen LogP contribution >= 0.6 is 0 Å². The summed E-state index contributed by atoms with van der Waals surface area (Å²) in [5.41, 5.74) is 1.91. The standard InChI is InChI=1S/C13H16FN3O/c1-9-6-13(16-17(9)2)15-8-10-4-5-12(18-3)11(14)7-10/h4-7H,8H2,1-3H3,(H,15,16). The van der Waals surface area contributed by atoms with Crippen LogP contribution in [0.4, 0.5) is 10.2 Å². The number of nitrogens with zero attached hydrogens (tertiary/aromatic N) is 2. The number of methoxy groups -OCH3 is 1. The molecule has 2 aromatic rings. The Kier molecular flexibility index (Phi) is 3.50. The fourth-order valence-corrected chi connectivity index (χ4v) is 1.66. The molecule has 2 rings (SSSR count). The van der Waals surface area contributed by atoms with E-state index >= 15 is 0 Å². The highest BCUT2D eigenvalue weighted by atomic mass is 19.1. The Morgan fingerprint density at radius 2 is 2.17 bits per heavy atom. The van der Waals surface area contributed by atoms with Crippen LogP contribution in [0.25, 0.3) is 0 Å². The van der Waals surface area contributed by atoms with Crippen molar-refractivity contribution < 1.29 is 9.13 Å². The van der Waals surface area contributed by atoms with E-state index in [1.807, 2.05) is 26.1 Å². The van der Waals surface area contributed by atoms with Gasteiger partial charge in [0, 0.05) is 25.4 Å². The van der Waals surface area contributed by atoms with Gasteiger partial charge < -0.3 is 10.1 Å². The van der Waals surface area contributed by atoms with E-state index in [0.29, 0.717) is 6.54 Å². The Morgan fingerprint density at radius 1 is 1.39 bits per heavy atom. The van der Waals surface area contributed by atoms with Crippen molar-refractivity contribution in [2.75, 3.05) is 12.4 Å². The number of hydrogen-bond donors (Lipinski definition) is 1. The van der Waals surface area contributed by atoms with Crippen LogP contribution in [0.2, 0.25) is 0 Å². The average Bonchev–Trinajstić information content (AvgIpc) is 2.66. The normalized spacial score (nSPS) is 10.4. The van der Waals surface area contributed by atoms with E-state index in [0.717, 1.165) is 17.1 Å². The molecule has 1 N–H and O–H groups in total. The molecule has 0 unspecified atom stereocenters. The van der Waals surface area contributed by atoms with Gasteiger partial charge >= 0.3 is 0 Å². The van der Waals surface area contributed by atoms with Crippen LogP contribution in [0.1, 0.15) is 11.3 Å². The van der Waals surface area contributed by atoms with E-state index in [1.165, 1.54) is 13.2 Å². The molecule has 1 aromatic heterocycles. The second-order valence-electron chi connectivity index (χ2n) is 4.12. The van der Waals surface area contributed by atoms with Gasteiger partial charge in [-0.1, -0.05) is 6.07 Å². The fourth-order valence-electron chi connectivity index (χ4n) is 1.66.